The lowest BCUT2D eigenvalue weighted by atomic mass is 9.99. The van der Waals surface area contributed by atoms with Crippen LogP contribution in [0.5, 0.6) is 0 Å². The van der Waals surface area contributed by atoms with Crippen LogP contribution in [0.25, 0.3) is 0 Å². The van der Waals surface area contributed by atoms with Crippen molar-refractivity contribution in [1.29, 1.82) is 0 Å². The Morgan fingerprint density at radius 2 is 1.38 bits per heavy atom. The van der Waals surface area contributed by atoms with Crippen LogP contribution >= 0.6 is 34.8 Å². The first kappa shape index (κ1) is 31.6. The predicted molar refractivity (Wildman–Crippen MR) is 161 cm³/mol. The Hall–Kier alpha value is -2.90. The van der Waals surface area contributed by atoms with Crippen molar-refractivity contribution in [1.82, 2.24) is 10.2 Å². The third-order valence-corrected chi connectivity index (χ3v) is 7.60. The Morgan fingerprint density at radius 3 is 1.95 bits per heavy atom. The van der Waals surface area contributed by atoms with Gasteiger partial charge < -0.3 is 15.0 Å². The highest BCUT2D eigenvalue weighted by molar-refractivity contribution is 6.39. The van der Waals surface area contributed by atoms with Gasteiger partial charge in [0.25, 0.3) is 5.91 Å². The Labute approximate surface area is 250 Å². The maximum Gasteiger partial charge on any atom is 0.329 e. The lowest BCUT2D eigenvalue weighted by Crippen LogP contribution is -2.44. The average Bonchev–Trinajstić information content (AvgIpc) is 2.91. The van der Waals surface area contributed by atoms with E-state index >= 15 is 0 Å². The number of hydrogen-bond acceptors (Lipinski definition) is 5. The molecule has 40 heavy (non-hydrogen) atoms. The highest BCUT2D eigenvalue weighted by Gasteiger charge is 2.25. The summed E-state index contributed by atoms with van der Waals surface area (Å²) in [6, 6.07) is 16.4. The van der Waals surface area contributed by atoms with Crippen LogP contribution in [0.1, 0.15) is 51.3 Å². The van der Waals surface area contributed by atoms with Gasteiger partial charge in [0.1, 0.15) is 12.6 Å². The standard InChI is InChI=1S/C31H33Cl3N2O4/c1-4-36(5-2)16-17-40-31(39)26(35-30(38)28-20(3)8-6-9-23(28)32)18-21-12-14-22(15-13-21)19-27(37)29-24(33)10-7-11-25(29)34/h6-15,26H,4-5,16-19H2,1-3H3,(H,35,38)/t26-/m0/s1. The minimum Gasteiger partial charge on any atom is -0.463 e. The number of hydrogen-bond donors (Lipinski definition) is 1. The number of Topliss-reactive ketones (excluding diaryl/α,β-unsaturated/α-hetero) is 1. The van der Waals surface area contributed by atoms with Gasteiger partial charge in [0.2, 0.25) is 0 Å². The molecule has 0 spiro atoms. The minimum absolute atomic E-state index is 0.114. The number of amides is 1. The van der Waals surface area contributed by atoms with Crippen LogP contribution in [-0.4, -0.2) is 54.8 Å². The van der Waals surface area contributed by atoms with Gasteiger partial charge in [-0.3, -0.25) is 9.59 Å². The number of halogens is 3. The zero-order chi connectivity index (χ0) is 29.2. The first-order valence-corrected chi connectivity index (χ1v) is 14.3. The molecule has 3 aromatic carbocycles. The molecule has 0 aromatic heterocycles. The number of rotatable bonds is 13. The number of nitrogens with one attached hydrogen (secondary N) is 1. The second-order valence-corrected chi connectivity index (χ2v) is 10.6. The largest absolute Gasteiger partial charge is 0.463 e. The molecule has 6 nitrogen and oxygen atoms in total. The molecule has 212 valence electrons. The number of aryl methyl sites for hydroxylation is 1. The first-order valence-electron chi connectivity index (χ1n) is 13.1. The van der Waals surface area contributed by atoms with E-state index in [0.717, 1.165) is 24.2 Å². The smallest absolute Gasteiger partial charge is 0.329 e. The van der Waals surface area contributed by atoms with Crippen molar-refractivity contribution in [3.05, 3.63) is 104 Å². The van der Waals surface area contributed by atoms with Crippen molar-refractivity contribution in [2.24, 2.45) is 0 Å². The van der Waals surface area contributed by atoms with Gasteiger partial charge in [-0.25, -0.2) is 4.79 Å². The SMILES string of the molecule is CCN(CC)CCOC(=O)[C@H](Cc1ccc(CC(=O)c2c(Cl)cccc2Cl)cc1)NC(=O)c1c(C)cccc1Cl. The number of nitrogens with zero attached hydrogens (tertiary/aromatic N) is 1. The van der Waals surface area contributed by atoms with E-state index in [9.17, 15) is 14.4 Å². The van der Waals surface area contributed by atoms with Gasteiger partial charge in [-0.05, 0) is 54.9 Å². The van der Waals surface area contributed by atoms with E-state index in [2.05, 4.69) is 10.2 Å². The number of ketones is 1. The zero-order valence-corrected chi connectivity index (χ0v) is 25.1. The first-order chi connectivity index (χ1) is 19.1. The third kappa shape index (κ3) is 8.55. The molecule has 3 rings (SSSR count). The number of esters is 1. The quantitative estimate of drug-likeness (QED) is 0.176. The van der Waals surface area contributed by atoms with E-state index in [-0.39, 0.29) is 25.2 Å². The number of ether oxygens (including phenoxy) is 1. The summed E-state index contributed by atoms with van der Waals surface area (Å²) >= 11 is 18.7. The van der Waals surface area contributed by atoms with Crippen LogP contribution in [0.4, 0.5) is 0 Å². The second kappa shape index (κ2) is 15.2. The van der Waals surface area contributed by atoms with E-state index in [1.165, 1.54) is 0 Å². The van der Waals surface area contributed by atoms with E-state index in [1.807, 2.05) is 26.0 Å². The highest BCUT2D eigenvalue weighted by atomic mass is 35.5. The van der Waals surface area contributed by atoms with Gasteiger partial charge in [0.05, 0.1) is 26.2 Å². The van der Waals surface area contributed by atoms with Crippen molar-refractivity contribution < 1.29 is 19.1 Å². The number of carbonyl (C=O) groups excluding carboxylic acids is 3. The lowest BCUT2D eigenvalue weighted by Gasteiger charge is -2.21. The van der Waals surface area contributed by atoms with E-state index < -0.39 is 17.9 Å². The summed E-state index contributed by atoms with van der Waals surface area (Å²) in [5.41, 5.74) is 2.86. The van der Waals surface area contributed by atoms with Crippen LogP contribution in [0.15, 0.2) is 60.7 Å². The number of benzene rings is 3. The third-order valence-electron chi connectivity index (χ3n) is 6.65. The number of likely N-dealkylation sites (N-methyl/N-ethyl adjacent to an activating group) is 1. The van der Waals surface area contributed by atoms with Crippen LogP contribution in [0, 0.1) is 6.92 Å². The van der Waals surface area contributed by atoms with Gasteiger partial charge in [0, 0.05) is 19.4 Å². The van der Waals surface area contributed by atoms with E-state index in [4.69, 9.17) is 39.5 Å². The van der Waals surface area contributed by atoms with Gasteiger partial charge in [-0.1, -0.05) is 91.1 Å². The molecule has 0 aliphatic carbocycles. The summed E-state index contributed by atoms with van der Waals surface area (Å²) in [7, 11) is 0. The summed E-state index contributed by atoms with van der Waals surface area (Å²) in [4.78, 5) is 41.2. The average molecular weight is 604 g/mol. The molecule has 0 aliphatic heterocycles. The fourth-order valence-electron chi connectivity index (χ4n) is 4.33. The molecular formula is C31H33Cl3N2O4. The minimum atomic E-state index is -0.936. The molecule has 0 unspecified atom stereocenters. The van der Waals surface area contributed by atoms with Gasteiger partial charge >= 0.3 is 5.97 Å². The Morgan fingerprint density at radius 1 is 0.825 bits per heavy atom. The molecule has 0 heterocycles. The molecular weight excluding hydrogens is 571 g/mol. The molecule has 1 N–H and O–H groups in total. The molecule has 0 saturated carbocycles. The molecule has 0 saturated heterocycles. The summed E-state index contributed by atoms with van der Waals surface area (Å²) in [5, 5.41) is 3.73. The van der Waals surface area contributed by atoms with Crippen molar-refractivity contribution in [3.63, 3.8) is 0 Å². The molecule has 1 amide bonds. The molecule has 1 atom stereocenters. The van der Waals surface area contributed by atoms with Crippen molar-refractivity contribution in [3.8, 4) is 0 Å². The van der Waals surface area contributed by atoms with Crippen LogP contribution < -0.4 is 5.32 Å². The topological polar surface area (TPSA) is 75.7 Å². The lowest BCUT2D eigenvalue weighted by molar-refractivity contribution is -0.146. The maximum absolute atomic E-state index is 13.2. The normalized spacial score (nSPS) is 11.8. The van der Waals surface area contributed by atoms with Gasteiger partial charge in [0.15, 0.2) is 5.78 Å². The van der Waals surface area contributed by atoms with Crippen molar-refractivity contribution >= 4 is 52.5 Å². The van der Waals surface area contributed by atoms with Crippen LogP contribution in [0.2, 0.25) is 15.1 Å². The molecule has 0 radical (unpaired) electrons. The molecule has 9 heteroatoms. The Kier molecular flexibility index (Phi) is 12.0. The second-order valence-electron chi connectivity index (χ2n) is 9.37. The van der Waals surface area contributed by atoms with E-state index in [0.29, 0.717) is 38.3 Å². The monoisotopic (exact) mass is 602 g/mol. The highest BCUT2D eigenvalue weighted by Crippen LogP contribution is 2.26. The summed E-state index contributed by atoms with van der Waals surface area (Å²) in [6.45, 7) is 8.37. The van der Waals surface area contributed by atoms with Crippen molar-refractivity contribution in [2.75, 3.05) is 26.2 Å². The molecule has 0 aliphatic rings. The molecule has 3 aromatic rings. The van der Waals surface area contributed by atoms with Gasteiger partial charge in [-0.15, -0.1) is 0 Å². The fraction of sp³-hybridized carbons (Fsp3) is 0.323. The van der Waals surface area contributed by atoms with Crippen LogP contribution in [-0.2, 0) is 22.4 Å². The number of carbonyl (C=O) groups is 3. The van der Waals surface area contributed by atoms with Gasteiger partial charge in [-0.2, -0.15) is 0 Å². The summed E-state index contributed by atoms with van der Waals surface area (Å²) < 4.78 is 5.56. The summed E-state index contributed by atoms with van der Waals surface area (Å²) in [5.74, 6) is -1.18. The molecule has 0 fully saturated rings. The fourth-order valence-corrected chi connectivity index (χ4v) is 5.24. The zero-order valence-electron chi connectivity index (χ0n) is 22.8. The van der Waals surface area contributed by atoms with Crippen molar-refractivity contribution in [2.45, 2.75) is 39.7 Å². The van der Waals surface area contributed by atoms with Crippen LogP contribution in [0.3, 0.4) is 0 Å². The maximum atomic E-state index is 13.2. The Balaban J connectivity index is 1.75. The Bertz CT molecular complexity index is 1300. The molecule has 0 bridgehead atoms. The van der Waals surface area contributed by atoms with E-state index in [1.54, 1.807) is 55.5 Å². The predicted octanol–water partition coefficient (Wildman–Crippen LogP) is 6.61. The summed E-state index contributed by atoms with van der Waals surface area (Å²) in [6.07, 6.45) is 0.312.